The molecule has 0 bridgehead atoms. The van der Waals surface area contributed by atoms with E-state index in [0.29, 0.717) is 6.08 Å². The highest BCUT2D eigenvalue weighted by Crippen LogP contribution is 2.21. The smallest absolute Gasteiger partial charge is 0.282 e. The van der Waals surface area contributed by atoms with Crippen molar-refractivity contribution in [3.8, 4) is 0 Å². The minimum absolute atomic E-state index is 0.331. The lowest BCUT2D eigenvalue weighted by atomic mass is 10.2. The highest BCUT2D eigenvalue weighted by Gasteiger charge is 2.16. The molecule has 0 fully saturated rings. The molecule has 0 aromatic heterocycles. The van der Waals surface area contributed by atoms with Crippen LogP contribution in [0.2, 0.25) is 0 Å². The van der Waals surface area contributed by atoms with Crippen LogP contribution in [0, 0.1) is 0 Å². The zero-order valence-corrected chi connectivity index (χ0v) is 8.59. The van der Waals surface area contributed by atoms with Crippen LogP contribution >= 0.6 is 0 Å². The van der Waals surface area contributed by atoms with Crippen molar-refractivity contribution in [1.82, 2.24) is 0 Å². The van der Waals surface area contributed by atoms with Gasteiger partial charge in [0.2, 0.25) is 0 Å². The van der Waals surface area contributed by atoms with E-state index in [9.17, 15) is 21.6 Å². The van der Waals surface area contributed by atoms with Gasteiger partial charge in [0.1, 0.15) is 4.90 Å². The third-order valence-electron chi connectivity index (χ3n) is 1.70. The van der Waals surface area contributed by atoms with Crippen molar-refractivity contribution in [1.29, 1.82) is 0 Å². The van der Waals surface area contributed by atoms with Crippen molar-refractivity contribution in [2.45, 2.75) is 11.3 Å². The third kappa shape index (κ3) is 3.07. The third-order valence-corrected chi connectivity index (χ3v) is 2.63. The SMILES string of the molecule is O=S(=O)(O)c1ccccc1C=C(F)C(F)F. The molecule has 16 heavy (non-hydrogen) atoms. The van der Waals surface area contributed by atoms with Gasteiger partial charge < -0.3 is 0 Å². The van der Waals surface area contributed by atoms with Crippen molar-refractivity contribution in [2.75, 3.05) is 0 Å². The van der Waals surface area contributed by atoms with E-state index in [0.717, 1.165) is 12.1 Å². The molecule has 0 radical (unpaired) electrons. The normalized spacial score (nSPS) is 13.2. The summed E-state index contributed by atoms with van der Waals surface area (Å²) < 4.78 is 66.8. The van der Waals surface area contributed by atoms with Crippen molar-refractivity contribution in [3.63, 3.8) is 0 Å². The Morgan fingerprint density at radius 3 is 2.38 bits per heavy atom. The van der Waals surface area contributed by atoms with E-state index in [1.54, 1.807) is 0 Å². The standard InChI is InChI=1S/C9H7F3O3S/c10-7(9(11)12)5-6-3-1-2-4-8(6)16(13,14)15/h1-5,9H,(H,13,14,15). The predicted molar refractivity (Wildman–Crippen MR) is 51.3 cm³/mol. The molecule has 0 amide bonds. The Hall–Kier alpha value is -1.34. The van der Waals surface area contributed by atoms with Gasteiger partial charge in [0.25, 0.3) is 16.5 Å². The lowest BCUT2D eigenvalue weighted by molar-refractivity contribution is 0.161. The Labute approximate surface area is 90.0 Å². The number of halogens is 3. The molecule has 3 nitrogen and oxygen atoms in total. The molecule has 7 heteroatoms. The summed E-state index contributed by atoms with van der Waals surface area (Å²) in [5.41, 5.74) is -0.331. The van der Waals surface area contributed by atoms with Gasteiger partial charge in [0, 0.05) is 0 Å². The Morgan fingerprint density at radius 1 is 1.31 bits per heavy atom. The van der Waals surface area contributed by atoms with Crippen LogP contribution in [-0.2, 0) is 10.1 Å². The van der Waals surface area contributed by atoms with Crippen LogP contribution in [0.25, 0.3) is 6.08 Å². The molecule has 1 N–H and O–H groups in total. The monoisotopic (exact) mass is 252 g/mol. The second-order valence-corrected chi connectivity index (χ2v) is 4.23. The quantitative estimate of drug-likeness (QED) is 0.841. The zero-order valence-electron chi connectivity index (χ0n) is 7.77. The summed E-state index contributed by atoms with van der Waals surface area (Å²) in [4.78, 5) is -0.620. The van der Waals surface area contributed by atoms with Crippen molar-refractivity contribution >= 4 is 16.2 Å². The van der Waals surface area contributed by atoms with Gasteiger partial charge in [-0.3, -0.25) is 4.55 Å². The summed E-state index contributed by atoms with van der Waals surface area (Å²) in [5, 5.41) is 0. The van der Waals surface area contributed by atoms with Gasteiger partial charge in [-0.1, -0.05) is 18.2 Å². The van der Waals surface area contributed by atoms with E-state index in [-0.39, 0.29) is 5.56 Å². The molecular formula is C9H7F3O3S. The molecule has 0 spiro atoms. The molecule has 0 saturated carbocycles. The van der Waals surface area contributed by atoms with E-state index >= 15 is 0 Å². The average Bonchev–Trinajstić information content (AvgIpc) is 2.16. The van der Waals surface area contributed by atoms with Crippen LogP contribution < -0.4 is 0 Å². The number of benzene rings is 1. The maximum Gasteiger partial charge on any atom is 0.295 e. The van der Waals surface area contributed by atoms with E-state index < -0.39 is 27.3 Å². The summed E-state index contributed by atoms with van der Waals surface area (Å²) in [5.74, 6) is -1.77. The molecule has 0 aliphatic rings. The van der Waals surface area contributed by atoms with Gasteiger partial charge in [-0.2, -0.15) is 8.42 Å². The summed E-state index contributed by atoms with van der Waals surface area (Å²) in [6.45, 7) is 0. The van der Waals surface area contributed by atoms with Crippen molar-refractivity contribution in [3.05, 3.63) is 35.7 Å². The summed E-state index contributed by atoms with van der Waals surface area (Å²) in [6.07, 6.45) is -2.96. The van der Waals surface area contributed by atoms with Crippen molar-refractivity contribution < 1.29 is 26.1 Å². The first-order valence-corrected chi connectivity index (χ1v) is 5.48. The Kier molecular flexibility index (Phi) is 3.71. The van der Waals surface area contributed by atoms with Gasteiger partial charge in [0.15, 0.2) is 5.83 Å². The molecule has 0 aliphatic carbocycles. The Morgan fingerprint density at radius 2 is 1.88 bits per heavy atom. The number of hydrogen-bond donors (Lipinski definition) is 1. The Balaban J connectivity index is 3.31. The molecule has 1 aromatic rings. The molecule has 0 heterocycles. The largest absolute Gasteiger partial charge is 0.295 e. The van der Waals surface area contributed by atoms with E-state index in [2.05, 4.69) is 0 Å². The molecule has 1 aromatic carbocycles. The van der Waals surface area contributed by atoms with Crippen LogP contribution in [0.15, 0.2) is 35.0 Å². The van der Waals surface area contributed by atoms with Gasteiger partial charge >= 0.3 is 0 Å². The second kappa shape index (κ2) is 4.67. The maximum atomic E-state index is 12.6. The highest BCUT2D eigenvalue weighted by atomic mass is 32.2. The lowest BCUT2D eigenvalue weighted by Crippen LogP contribution is -2.01. The van der Waals surface area contributed by atoms with Gasteiger partial charge in [-0.25, -0.2) is 13.2 Å². The first-order valence-electron chi connectivity index (χ1n) is 4.04. The maximum absolute atomic E-state index is 12.6. The molecular weight excluding hydrogens is 245 g/mol. The lowest BCUT2D eigenvalue weighted by Gasteiger charge is -2.02. The van der Waals surface area contributed by atoms with Gasteiger partial charge in [-0.05, 0) is 17.7 Å². The average molecular weight is 252 g/mol. The number of hydrogen-bond acceptors (Lipinski definition) is 2. The Bertz CT molecular complexity index is 508. The minimum atomic E-state index is -4.56. The summed E-state index contributed by atoms with van der Waals surface area (Å²) >= 11 is 0. The van der Waals surface area contributed by atoms with E-state index in [4.69, 9.17) is 4.55 Å². The highest BCUT2D eigenvalue weighted by molar-refractivity contribution is 7.85. The van der Waals surface area contributed by atoms with Gasteiger partial charge in [-0.15, -0.1) is 0 Å². The number of allylic oxidation sites excluding steroid dienone is 1. The molecule has 1 rings (SSSR count). The fourth-order valence-electron chi connectivity index (χ4n) is 1.05. The fourth-order valence-corrected chi connectivity index (χ4v) is 1.72. The van der Waals surface area contributed by atoms with Crippen LogP contribution in [0.5, 0.6) is 0 Å². The summed E-state index contributed by atoms with van der Waals surface area (Å²) in [7, 11) is -4.56. The first kappa shape index (κ1) is 12.7. The van der Waals surface area contributed by atoms with Crippen molar-refractivity contribution in [2.24, 2.45) is 0 Å². The second-order valence-electron chi connectivity index (χ2n) is 2.84. The molecule has 0 aliphatic heterocycles. The molecule has 0 unspecified atom stereocenters. The molecule has 88 valence electrons. The van der Waals surface area contributed by atoms with E-state index in [1.165, 1.54) is 12.1 Å². The molecule has 0 atom stereocenters. The predicted octanol–water partition coefficient (Wildman–Crippen LogP) is 2.51. The number of alkyl halides is 2. The topological polar surface area (TPSA) is 54.4 Å². The van der Waals surface area contributed by atoms with E-state index in [1.807, 2.05) is 0 Å². The fraction of sp³-hybridized carbons (Fsp3) is 0.111. The van der Waals surface area contributed by atoms with Crippen LogP contribution in [0.3, 0.4) is 0 Å². The minimum Gasteiger partial charge on any atom is -0.282 e. The van der Waals surface area contributed by atoms with Gasteiger partial charge in [0.05, 0.1) is 0 Å². The zero-order chi connectivity index (χ0) is 12.3. The number of rotatable bonds is 3. The van der Waals surface area contributed by atoms with Crippen LogP contribution in [0.1, 0.15) is 5.56 Å². The summed E-state index contributed by atoms with van der Waals surface area (Å²) in [6, 6.07) is 4.70. The molecule has 0 saturated heterocycles. The van der Waals surface area contributed by atoms with Crippen LogP contribution in [-0.4, -0.2) is 19.4 Å². The van der Waals surface area contributed by atoms with Crippen LogP contribution in [0.4, 0.5) is 13.2 Å². The first-order chi connectivity index (χ1) is 7.32.